The first-order valence-electron chi connectivity index (χ1n) is 11.5. The number of carbonyl (C=O) groups is 1. The van der Waals surface area contributed by atoms with Crippen molar-refractivity contribution in [2.75, 3.05) is 0 Å². The van der Waals surface area contributed by atoms with E-state index in [1.165, 1.54) is 10.9 Å². The van der Waals surface area contributed by atoms with Crippen LogP contribution in [0.2, 0.25) is 0 Å². The fraction of sp³-hybridized carbons (Fsp3) is 0.462. The van der Waals surface area contributed by atoms with Crippen molar-refractivity contribution < 1.29 is 4.79 Å². The van der Waals surface area contributed by atoms with Crippen molar-refractivity contribution in [3.05, 3.63) is 53.3 Å². The molecular formula is C26H34N4O. The number of hydrogen-bond acceptors (Lipinski definition) is 3. The molecule has 1 fully saturated rings. The number of nitrogens with one attached hydrogen (secondary N) is 2. The number of nitrogens with zero attached hydrogens (tertiary/aromatic N) is 1. The molecule has 5 heteroatoms. The van der Waals surface area contributed by atoms with Crippen LogP contribution in [0.5, 0.6) is 0 Å². The fourth-order valence-electron chi connectivity index (χ4n) is 4.77. The molecular weight excluding hydrogens is 384 g/mol. The zero-order valence-corrected chi connectivity index (χ0v) is 19.0. The molecule has 0 spiro atoms. The highest BCUT2D eigenvalue weighted by molar-refractivity contribution is 5.93. The summed E-state index contributed by atoms with van der Waals surface area (Å²) in [7, 11) is 0. The summed E-state index contributed by atoms with van der Waals surface area (Å²) in [6, 6.07) is 11.1. The highest BCUT2D eigenvalue weighted by atomic mass is 16.1. The molecule has 31 heavy (non-hydrogen) atoms. The second-order valence-electron chi connectivity index (χ2n) is 9.40. The molecule has 1 saturated carbocycles. The summed E-state index contributed by atoms with van der Waals surface area (Å²) in [5.74, 6) is 0.260. The molecule has 2 aromatic heterocycles. The average Bonchev–Trinajstić information content (AvgIpc) is 3.14. The number of aromatic nitrogens is 2. The van der Waals surface area contributed by atoms with Gasteiger partial charge in [-0.1, -0.05) is 19.9 Å². The van der Waals surface area contributed by atoms with Crippen molar-refractivity contribution in [3.63, 3.8) is 0 Å². The number of aryl methyl sites for hydroxylation is 1. The summed E-state index contributed by atoms with van der Waals surface area (Å²) in [4.78, 5) is 20.9. The van der Waals surface area contributed by atoms with Gasteiger partial charge in [0, 0.05) is 40.4 Å². The molecule has 2 heterocycles. The summed E-state index contributed by atoms with van der Waals surface area (Å²) >= 11 is 0. The first-order valence-corrected chi connectivity index (χ1v) is 11.5. The van der Waals surface area contributed by atoms with Crippen molar-refractivity contribution in [1.29, 1.82) is 0 Å². The second kappa shape index (κ2) is 8.83. The van der Waals surface area contributed by atoms with Crippen LogP contribution >= 0.6 is 0 Å². The van der Waals surface area contributed by atoms with Crippen LogP contribution in [0.15, 0.2) is 36.5 Å². The second-order valence-corrected chi connectivity index (χ2v) is 9.40. The van der Waals surface area contributed by atoms with Gasteiger partial charge in [-0.2, -0.15) is 0 Å². The number of hydrogen-bond donors (Lipinski definition) is 3. The largest absolute Gasteiger partial charge is 0.354 e. The Balaban J connectivity index is 1.64. The molecule has 4 rings (SSSR count). The number of rotatable bonds is 5. The van der Waals surface area contributed by atoms with Gasteiger partial charge in [0.05, 0.1) is 11.6 Å². The van der Waals surface area contributed by atoms with E-state index in [1.807, 2.05) is 20.0 Å². The van der Waals surface area contributed by atoms with Gasteiger partial charge in [0.15, 0.2) is 0 Å². The van der Waals surface area contributed by atoms with Gasteiger partial charge in [-0.15, -0.1) is 0 Å². The number of pyridine rings is 1. The Hall–Kier alpha value is -2.66. The Labute approximate surface area is 184 Å². The van der Waals surface area contributed by atoms with Crippen molar-refractivity contribution >= 4 is 16.8 Å². The van der Waals surface area contributed by atoms with E-state index in [9.17, 15) is 4.79 Å². The predicted molar refractivity (Wildman–Crippen MR) is 127 cm³/mol. The van der Waals surface area contributed by atoms with Gasteiger partial charge in [-0.3, -0.25) is 9.78 Å². The zero-order chi connectivity index (χ0) is 22.1. The molecule has 0 aliphatic heterocycles. The summed E-state index contributed by atoms with van der Waals surface area (Å²) in [5, 5.41) is 4.45. The molecule has 0 saturated heterocycles. The minimum atomic E-state index is -0.193. The molecule has 4 N–H and O–H groups in total. The average molecular weight is 419 g/mol. The maximum Gasteiger partial charge on any atom is 0.227 e. The van der Waals surface area contributed by atoms with E-state index in [0.29, 0.717) is 5.92 Å². The molecule has 0 bridgehead atoms. The molecule has 5 nitrogen and oxygen atoms in total. The fourth-order valence-corrected chi connectivity index (χ4v) is 4.77. The summed E-state index contributed by atoms with van der Waals surface area (Å²) in [5.41, 5.74) is 12.7. The third-order valence-electron chi connectivity index (χ3n) is 6.64. The minimum Gasteiger partial charge on any atom is -0.354 e. The van der Waals surface area contributed by atoms with Gasteiger partial charge >= 0.3 is 0 Å². The van der Waals surface area contributed by atoms with Gasteiger partial charge in [0.25, 0.3) is 0 Å². The molecule has 1 amide bonds. The highest BCUT2D eigenvalue weighted by Gasteiger charge is 2.24. The van der Waals surface area contributed by atoms with Crippen LogP contribution in [0.4, 0.5) is 0 Å². The zero-order valence-electron chi connectivity index (χ0n) is 19.0. The maximum absolute atomic E-state index is 13.0. The molecule has 3 aromatic rings. The number of carbonyl (C=O) groups excluding carboxylic acids is 1. The van der Waals surface area contributed by atoms with Crippen LogP contribution in [0.3, 0.4) is 0 Å². The normalized spacial score (nSPS) is 20.2. The lowest BCUT2D eigenvalue weighted by Crippen LogP contribution is -2.42. The van der Waals surface area contributed by atoms with Gasteiger partial charge in [0.2, 0.25) is 5.91 Å². The number of benzene rings is 1. The Morgan fingerprint density at radius 3 is 2.55 bits per heavy atom. The van der Waals surface area contributed by atoms with Crippen molar-refractivity contribution in [3.8, 4) is 11.3 Å². The van der Waals surface area contributed by atoms with E-state index in [-0.39, 0.29) is 23.9 Å². The van der Waals surface area contributed by atoms with Gasteiger partial charge < -0.3 is 16.0 Å². The predicted octanol–water partition coefficient (Wildman–Crippen LogP) is 5.15. The third-order valence-corrected chi connectivity index (χ3v) is 6.64. The SMILES string of the molecule is Cc1cc(-c2[nH]c3ccc(C(C)C(=O)NC4CCC(N)CC4)cc3c2C(C)C)ccn1. The quantitative estimate of drug-likeness (QED) is 0.536. The molecule has 1 unspecified atom stereocenters. The van der Waals surface area contributed by atoms with Crippen LogP contribution < -0.4 is 11.1 Å². The van der Waals surface area contributed by atoms with E-state index in [4.69, 9.17) is 5.73 Å². The Morgan fingerprint density at radius 2 is 1.87 bits per heavy atom. The van der Waals surface area contributed by atoms with Crippen LogP contribution in [0.1, 0.15) is 75.1 Å². The Bertz CT molecular complexity index is 1080. The highest BCUT2D eigenvalue weighted by Crippen LogP contribution is 2.37. The molecule has 1 aliphatic rings. The first-order chi connectivity index (χ1) is 14.8. The van der Waals surface area contributed by atoms with E-state index < -0.39 is 0 Å². The number of amides is 1. The van der Waals surface area contributed by atoms with E-state index in [2.05, 4.69) is 59.5 Å². The molecule has 1 aromatic carbocycles. The van der Waals surface area contributed by atoms with Crippen LogP contribution in [0, 0.1) is 6.92 Å². The van der Waals surface area contributed by atoms with E-state index in [0.717, 1.165) is 53.7 Å². The monoisotopic (exact) mass is 418 g/mol. The van der Waals surface area contributed by atoms with E-state index >= 15 is 0 Å². The summed E-state index contributed by atoms with van der Waals surface area (Å²) < 4.78 is 0. The van der Waals surface area contributed by atoms with Crippen molar-refractivity contribution in [1.82, 2.24) is 15.3 Å². The summed E-state index contributed by atoms with van der Waals surface area (Å²) in [6.45, 7) is 8.45. The molecule has 1 aliphatic carbocycles. The number of nitrogens with two attached hydrogens (primary N) is 1. The third kappa shape index (κ3) is 4.52. The molecule has 0 radical (unpaired) electrons. The van der Waals surface area contributed by atoms with Crippen LogP contribution in [-0.2, 0) is 4.79 Å². The smallest absolute Gasteiger partial charge is 0.227 e. The number of aromatic amines is 1. The van der Waals surface area contributed by atoms with Crippen LogP contribution in [0.25, 0.3) is 22.2 Å². The van der Waals surface area contributed by atoms with Crippen molar-refractivity contribution in [2.45, 2.75) is 77.3 Å². The van der Waals surface area contributed by atoms with Gasteiger partial charge in [-0.25, -0.2) is 0 Å². The summed E-state index contributed by atoms with van der Waals surface area (Å²) in [6.07, 6.45) is 5.79. The van der Waals surface area contributed by atoms with Crippen molar-refractivity contribution in [2.24, 2.45) is 5.73 Å². The maximum atomic E-state index is 13.0. The standard InChI is InChI=1S/C26H34N4O/c1-15(2)24-22-14-18(17(4)26(31)29-21-8-6-20(27)7-9-21)5-10-23(22)30-25(24)19-11-12-28-16(3)13-19/h5,10-15,17,20-21,30H,6-9,27H2,1-4H3,(H,29,31). The first kappa shape index (κ1) is 21.6. The Morgan fingerprint density at radius 1 is 1.13 bits per heavy atom. The molecule has 164 valence electrons. The number of fused-ring (bicyclic) bond motifs is 1. The van der Waals surface area contributed by atoms with Gasteiger partial charge in [0.1, 0.15) is 0 Å². The van der Waals surface area contributed by atoms with Gasteiger partial charge in [-0.05, 0) is 80.8 Å². The lowest BCUT2D eigenvalue weighted by molar-refractivity contribution is -0.123. The lowest BCUT2D eigenvalue weighted by atomic mass is 9.90. The Kier molecular flexibility index (Phi) is 6.15. The van der Waals surface area contributed by atoms with E-state index in [1.54, 1.807) is 0 Å². The lowest BCUT2D eigenvalue weighted by Gasteiger charge is -2.28. The topological polar surface area (TPSA) is 83.8 Å². The number of H-pyrrole nitrogens is 1. The molecule has 1 atom stereocenters. The van der Waals surface area contributed by atoms with Crippen LogP contribution in [-0.4, -0.2) is 28.0 Å². The minimum absolute atomic E-state index is 0.103.